The second kappa shape index (κ2) is 8.92. The molecule has 156 valence electrons. The summed E-state index contributed by atoms with van der Waals surface area (Å²) in [5.74, 6) is -0.527. The van der Waals surface area contributed by atoms with Crippen LogP contribution in [-0.2, 0) is 21.2 Å². The SMILES string of the molecule is CCN(CC)S(=O)(=O)c1cccc(NC(=O)CN2CCCc3cc(F)ccc32)c1. The molecular formula is C21H26FN3O3S. The Morgan fingerprint density at radius 2 is 1.93 bits per heavy atom. The molecule has 8 heteroatoms. The number of rotatable bonds is 7. The van der Waals surface area contributed by atoms with Gasteiger partial charge in [-0.2, -0.15) is 4.31 Å². The van der Waals surface area contributed by atoms with Crippen molar-refractivity contribution in [1.82, 2.24) is 4.31 Å². The van der Waals surface area contributed by atoms with Crippen molar-refractivity contribution in [3.63, 3.8) is 0 Å². The third-order valence-electron chi connectivity index (χ3n) is 5.05. The number of anilines is 2. The fourth-order valence-electron chi connectivity index (χ4n) is 3.63. The maximum atomic E-state index is 13.5. The molecule has 29 heavy (non-hydrogen) atoms. The summed E-state index contributed by atoms with van der Waals surface area (Å²) in [6, 6.07) is 10.9. The average molecular weight is 420 g/mol. The first-order valence-corrected chi connectivity index (χ1v) is 11.2. The molecule has 0 unspecified atom stereocenters. The number of sulfonamides is 1. The number of carbonyl (C=O) groups is 1. The average Bonchev–Trinajstić information content (AvgIpc) is 2.69. The fourth-order valence-corrected chi connectivity index (χ4v) is 5.13. The topological polar surface area (TPSA) is 69.7 Å². The molecule has 1 aliphatic heterocycles. The third kappa shape index (κ3) is 4.76. The Balaban J connectivity index is 1.73. The van der Waals surface area contributed by atoms with Gasteiger partial charge in [-0.05, 0) is 54.8 Å². The van der Waals surface area contributed by atoms with Gasteiger partial charge in [0.2, 0.25) is 15.9 Å². The number of amides is 1. The molecule has 0 aliphatic carbocycles. The van der Waals surface area contributed by atoms with Crippen LogP contribution in [0.3, 0.4) is 0 Å². The molecule has 0 saturated heterocycles. The molecule has 1 heterocycles. The zero-order valence-electron chi connectivity index (χ0n) is 16.7. The Hall–Kier alpha value is -2.45. The van der Waals surface area contributed by atoms with Crippen LogP contribution in [-0.4, -0.2) is 44.8 Å². The maximum absolute atomic E-state index is 13.5. The van der Waals surface area contributed by atoms with E-state index in [0.29, 0.717) is 25.3 Å². The van der Waals surface area contributed by atoms with E-state index in [1.165, 1.54) is 28.6 Å². The van der Waals surface area contributed by atoms with Crippen LogP contribution in [0.25, 0.3) is 0 Å². The minimum absolute atomic E-state index is 0.117. The molecule has 1 amide bonds. The Morgan fingerprint density at radius 1 is 1.17 bits per heavy atom. The summed E-state index contributed by atoms with van der Waals surface area (Å²) >= 11 is 0. The van der Waals surface area contributed by atoms with Gasteiger partial charge in [0.05, 0.1) is 11.4 Å². The number of hydrogen-bond acceptors (Lipinski definition) is 4. The highest BCUT2D eigenvalue weighted by molar-refractivity contribution is 7.89. The predicted molar refractivity (Wildman–Crippen MR) is 112 cm³/mol. The highest BCUT2D eigenvalue weighted by Gasteiger charge is 2.23. The summed E-state index contributed by atoms with van der Waals surface area (Å²) in [5.41, 5.74) is 2.20. The quantitative estimate of drug-likeness (QED) is 0.748. The molecule has 6 nitrogen and oxygen atoms in total. The van der Waals surface area contributed by atoms with Crippen molar-refractivity contribution in [1.29, 1.82) is 0 Å². The number of hydrogen-bond donors (Lipinski definition) is 1. The van der Waals surface area contributed by atoms with Gasteiger partial charge in [-0.1, -0.05) is 19.9 Å². The Morgan fingerprint density at radius 3 is 2.66 bits per heavy atom. The molecule has 2 aromatic carbocycles. The van der Waals surface area contributed by atoms with Gasteiger partial charge >= 0.3 is 0 Å². The minimum atomic E-state index is -3.59. The molecule has 0 spiro atoms. The van der Waals surface area contributed by atoms with Crippen LogP contribution in [0.15, 0.2) is 47.4 Å². The van der Waals surface area contributed by atoms with Gasteiger partial charge in [-0.25, -0.2) is 12.8 Å². The van der Waals surface area contributed by atoms with E-state index < -0.39 is 10.0 Å². The number of carbonyl (C=O) groups excluding carboxylic acids is 1. The van der Waals surface area contributed by atoms with Crippen LogP contribution in [0.1, 0.15) is 25.8 Å². The monoisotopic (exact) mass is 419 g/mol. The molecule has 1 N–H and O–H groups in total. The third-order valence-corrected chi connectivity index (χ3v) is 7.10. The fraction of sp³-hybridized carbons (Fsp3) is 0.381. The van der Waals surface area contributed by atoms with E-state index in [1.807, 2.05) is 4.90 Å². The summed E-state index contributed by atoms with van der Waals surface area (Å²) in [4.78, 5) is 14.6. The van der Waals surface area contributed by atoms with Gasteiger partial charge in [-0.3, -0.25) is 4.79 Å². The van der Waals surface area contributed by atoms with Gasteiger partial charge in [-0.15, -0.1) is 0 Å². The first-order chi connectivity index (χ1) is 13.8. The zero-order chi connectivity index (χ0) is 21.0. The highest BCUT2D eigenvalue weighted by atomic mass is 32.2. The number of nitrogens with zero attached hydrogens (tertiary/aromatic N) is 2. The summed E-state index contributed by atoms with van der Waals surface area (Å²) in [6.45, 7) is 5.16. The van der Waals surface area contributed by atoms with Crippen LogP contribution >= 0.6 is 0 Å². The van der Waals surface area contributed by atoms with Crippen molar-refractivity contribution in [2.24, 2.45) is 0 Å². The van der Waals surface area contributed by atoms with Crippen molar-refractivity contribution in [3.05, 3.63) is 53.8 Å². The molecule has 3 rings (SSSR count). The second-order valence-corrected chi connectivity index (χ2v) is 8.90. The van der Waals surface area contributed by atoms with Crippen molar-refractivity contribution < 1.29 is 17.6 Å². The Bertz CT molecular complexity index is 990. The number of aryl methyl sites for hydroxylation is 1. The molecule has 0 atom stereocenters. The molecule has 2 aromatic rings. The first kappa shape index (κ1) is 21.3. The van der Waals surface area contributed by atoms with E-state index in [2.05, 4.69) is 5.32 Å². The van der Waals surface area contributed by atoms with Crippen LogP contribution in [0.5, 0.6) is 0 Å². The summed E-state index contributed by atoms with van der Waals surface area (Å²) in [5, 5.41) is 2.78. The molecule has 0 saturated carbocycles. The molecule has 0 fully saturated rings. The second-order valence-electron chi connectivity index (χ2n) is 6.96. The first-order valence-electron chi connectivity index (χ1n) is 9.78. The lowest BCUT2D eigenvalue weighted by Crippen LogP contribution is -2.36. The van der Waals surface area contributed by atoms with Crippen LogP contribution in [0.4, 0.5) is 15.8 Å². The van der Waals surface area contributed by atoms with Gasteiger partial charge in [0.15, 0.2) is 0 Å². The van der Waals surface area contributed by atoms with E-state index in [1.54, 1.807) is 32.0 Å². The number of benzene rings is 2. The predicted octanol–water partition coefficient (Wildman–Crippen LogP) is 3.25. The van der Waals surface area contributed by atoms with E-state index in [4.69, 9.17) is 0 Å². The molecule has 1 aliphatic rings. The number of halogens is 1. The zero-order valence-corrected chi connectivity index (χ0v) is 17.5. The van der Waals surface area contributed by atoms with Gasteiger partial charge in [0.1, 0.15) is 5.82 Å². The molecule has 0 bridgehead atoms. The normalized spacial score (nSPS) is 14.0. The summed E-state index contributed by atoms with van der Waals surface area (Å²) in [6.07, 6.45) is 1.64. The van der Waals surface area contributed by atoms with Crippen LogP contribution in [0.2, 0.25) is 0 Å². The number of fused-ring (bicyclic) bond motifs is 1. The van der Waals surface area contributed by atoms with E-state index >= 15 is 0 Å². The molecule has 0 radical (unpaired) electrons. The van der Waals surface area contributed by atoms with Crippen molar-refractivity contribution in [2.45, 2.75) is 31.6 Å². The smallest absolute Gasteiger partial charge is 0.243 e. The number of nitrogens with one attached hydrogen (secondary N) is 1. The van der Waals surface area contributed by atoms with E-state index in [-0.39, 0.29) is 23.2 Å². The Kier molecular flexibility index (Phi) is 6.54. The van der Waals surface area contributed by atoms with Gasteiger partial charge in [0.25, 0.3) is 0 Å². The standard InChI is InChI=1S/C21H26FN3O3S/c1-3-25(4-2)29(27,28)19-9-5-8-18(14-19)23-21(26)15-24-12-6-7-16-13-17(22)10-11-20(16)24/h5,8-11,13-14H,3-4,6-7,12,15H2,1-2H3,(H,23,26). The van der Waals surface area contributed by atoms with E-state index in [9.17, 15) is 17.6 Å². The lowest BCUT2D eigenvalue weighted by Gasteiger charge is -2.30. The van der Waals surface area contributed by atoms with Crippen LogP contribution in [0, 0.1) is 5.82 Å². The van der Waals surface area contributed by atoms with Crippen molar-refractivity contribution in [2.75, 3.05) is 36.4 Å². The molecule has 0 aromatic heterocycles. The lowest BCUT2D eigenvalue weighted by molar-refractivity contribution is -0.115. The lowest BCUT2D eigenvalue weighted by atomic mass is 10.0. The maximum Gasteiger partial charge on any atom is 0.243 e. The Labute approximate surface area is 171 Å². The van der Waals surface area contributed by atoms with Gasteiger partial charge < -0.3 is 10.2 Å². The minimum Gasteiger partial charge on any atom is -0.362 e. The van der Waals surface area contributed by atoms with Crippen molar-refractivity contribution in [3.8, 4) is 0 Å². The molecular weight excluding hydrogens is 393 g/mol. The summed E-state index contributed by atoms with van der Waals surface area (Å²) < 4.78 is 40.2. The van der Waals surface area contributed by atoms with Crippen molar-refractivity contribution >= 4 is 27.3 Å². The van der Waals surface area contributed by atoms with Crippen LogP contribution < -0.4 is 10.2 Å². The van der Waals surface area contributed by atoms with Gasteiger partial charge in [0, 0.05) is 31.0 Å². The largest absolute Gasteiger partial charge is 0.362 e. The summed E-state index contributed by atoms with van der Waals surface area (Å²) in [7, 11) is -3.59. The van der Waals surface area contributed by atoms with E-state index in [0.717, 1.165) is 24.1 Å². The highest BCUT2D eigenvalue weighted by Crippen LogP contribution is 2.27.